The smallest absolute Gasteiger partial charge is 0.138 e. The Labute approximate surface area is 122 Å². The van der Waals surface area contributed by atoms with Crippen molar-refractivity contribution in [3.8, 4) is 5.75 Å². The number of hydrogen-bond donors (Lipinski definition) is 1. The quantitative estimate of drug-likeness (QED) is 0.852. The van der Waals surface area contributed by atoms with Crippen molar-refractivity contribution in [3.05, 3.63) is 39.3 Å². The van der Waals surface area contributed by atoms with E-state index in [-0.39, 0.29) is 0 Å². The summed E-state index contributed by atoms with van der Waals surface area (Å²) < 4.78 is 5.54. The average Bonchev–Trinajstić information content (AvgIpc) is 2.81. The van der Waals surface area contributed by atoms with E-state index in [1.54, 1.807) is 11.3 Å². The first kappa shape index (κ1) is 14.2. The summed E-state index contributed by atoms with van der Waals surface area (Å²) in [6, 6.07) is 5.74. The molecule has 1 aromatic carbocycles. The Morgan fingerprint density at radius 1 is 1.42 bits per heavy atom. The molecule has 1 aromatic heterocycles. The number of nitrogens with zero attached hydrogens (tertiary/aromatic N) is 1. The minimum atomic E-state index is 0.632. The van der Waals surface area contributed by atoms with Gasteiger partial charge in [0.25, 0.3) is 0 Å². The van der Waals surface area contributed by atoms with Gasteiger partial charge in [0.2, 0.25) is 0 Å². The van der Waals surface area contributed by atoms with E-state index < -0.39 is 0 Å². The topological polar surface area (TPSA) is 34.1 Å². The summed E-state index contributed by atoms with van der Waals surface area (Å²) in [5, 5.41) is 7.07. The normalized spacial score (nSPS) is 10.5. The van der Waals surface area contributed by atoms with Crippen LogP contribution < -0.4 is 10.1 Å². The van der Waals surface area contributed by atoms with Gasteiger partial charge in [-0.15, -0.1) is 11.3 Å². The molecule has 0 bridgehead atoms. The van der Waals surface area contributed by atoms with Gasteiger partial charge in [-0.1, -0.05) is 18.5 Å². The van der Waals surface area contributed by atoms with E-state index in [0.29, 0.717) is 18.2 Å². The van der Waals surface area contributed by atoms with Gasteiger partial charge in [0.05, 0.1) is 28.9 Å². The summed E-state index contributed by atoms with van der Waals surface area (Å²) in [6.45, 7) is 5.46. The van der Waals surface area contributed by atoms with Crippen molar-refractivity contribution in [2.75, 3.05) is 11.9 Å². The molecule has 0 fully saturated rings. The molecule has 2 aromatic rings. The molecule has 0 aliphatic rings. The minimum Gasteiger partial charge on any atom is -0.492 e. The van der Waals surface area contributed by atoms with Gasteiger partial charge in [-0.2, -0.15) is 0 Å². The molecule has 102 valence electrons. The summed E-state index contributed by atoms with van der Waals surface area (Å²) in [5.41, 5.74) is 2.02. The molecule has 0 aliphatic carbocycles. The number of hydrogen-bond acceptors (Lipinski definition) is 4. The predicted molar refractivity (Wildman–Crippen MR) is 81.4 cm³/mol. The Morgan fingerprint density at radius 3 is 2.89 bits per heavy atom. The second-order valence-electron chi connectivity index (χ2n) is 4.21. The van der Waals surface area contributed by atoms with Crippen molar-refractivity contribution < 1.29 is 4.74 Å². The Hall–Kier alpha value is -1.26. The van der Waals surface area contributed by atoms with Crippen molar-refractivity contribution in [1.29, 1.82) is 0 Å². The monoisotopic (exact) mass is 296 g/mol. The molecular formula is C14H17ClN2OS. The SMILES string of the molecule is CCCOc1ccc(NCc2csc(C)n2)cc1Cl. The summed E-state index contributed by atoms with van der Waals surface area (Å²) >= 11 is 7.83. The second-order valence-corrected chi connectivity index (χ2v) is 5.67. The van der Waals surface area contributed by atoms with E-state index in [2.05, 4.69) is 22.6 Å². The Balaban J connectivity index is 1.95. The highest BCUT2D eigenvalue weighted by molar-refractivity contribution is 7.09. The van der Waals surface area contributed by atoms with Gasteiger partial charge >= 0.3 is 0 Å². The van der Waals surface area contributed by atoms with E-state index >= 15 is 0 Å². The number of aromatic nitrogens is 1. The molecule has 0 radical (unpaired) electrons. The van der Waals surface area contributed by atoms with Crippen LogP contribution in [0.2, 0.25) is 5.02 Å². The third-order valence-corrected chi connectivity index (χ3v) is 3.65. The fraction of sp³-hybridized carbons (Fsp3) is 0.357. The van der Waals surface area contributed by atoms with E-state index in [0.717, 1.165) is 28.6 Å². The zero-order chi connectivity index (χ0) is 13.7. The number of halogens is 1. The molecule has 0 unspecified atom stereocenters. The zero-order valence-electron chi connectivity index (χ0n) is 11.1. The van der Waals surface area contributed by atoms with Crippen LogP contribution in [0.25, 0.3) is 0 Å². The number of ether oxygens (including phenoxy) is 1. The van der Waals surface area contributed by atoms with Crippen molar-refractivity contribution in [3.63, 3.8) is 0 Å². The molecule has 1 N–H and O–H groups in total. The maximum Gasteiger partial charge on any atom is 0.138 e. The molecular weight excluding hydrogens is 280 g/mol. The van der Waals surface area contributed by atoms with Crippen LogP contribution >= 0.6 is 22.9 Å². The van der Waals surface area contributed by atoms with Crippen LogP contribution in [0.3, 0.4) is 0 Å². The third kappa shape index (κ3) is 4.11. The molecule has 5 heteroatoms. The Kier molecular flexibility index (Phi) is 5.05. The molecule has 1 heterocycles. The van der Waals surface area contributed by atoms with Gasteiger partial charge in [0.1, 0.15) is 5.75 Å². The van der Waals surface area contributed by atoms with Crippen LogP contribution in [0, 0.1) is 6.92 Å². The summed E-state index contributed by atoms with van der Waals surface area (Å²) in [6.07, 6.45) is 0.972. The first-order valence-electron chi connectivity index (χ1n) is 6.26. The molecule has 2 rings (SSSR count). The molecule has 0 saturated carbocycles. The van der Waals surface area contributed by atoms with Gasteiger partial charge < -0.3 is 10.1 Å². The van der Waals surface area contributed by atoms with Crippen LogP contribution in [0.4, 0.5) is 5.69 Å². The number of rotatable bonds is 6. The second kappa shape index (κ2) is 6.78. The summed E-state index contributed by atoms with van der Waals surface area (Å²) in [4.78, 5) is 4.40. The lowest BCUT2D eigenvalue weighted by Crippen LogP contribution is -2.00. The van der Waals surface area contributed by atoms with Gasteiger partial charge in [0, 0.05) is 11.1 Å². The number of thiazole rings is 1. The van der Waals surface area contributed by atoms with Crippen LogP contribution in [-0.2, 0) is 6.54 Å². The molecule has 19 heavy (non-hydrogen) atoms. The van der Waals surface area contributed by atoms with Crippen molar-refractivity contribution in [2.45, 2.75) is 26.8 Å². The summed E-state index contributed by atoms with van der Waals surface area (Å²) in [5.74, 6) is 0.735. The van der Waals surface area contributed by atoms with Crippen molar-refractivity contribution >= 4 is 28.6 Å². The van der Waals surface area contributed by atoms with Crippen molar-refractivity contribution in [1.82, 2.24) is 4.98 Å². The predicted octanol–water partition coefficient (Wildman–Crippen LogP) is 4.51. The maximum atomic E-state index is 6.17. The van der Waals surface area contributed by atoms with E-state index in [4.69, 9.17) is 16.3 Å². The highest BCUT2D eigenvalue weighted by Gasteiger charge is 2.03. The maximum absolute atomic E-state index is 6.17. The van der Waals surface area contributed by atoms with E-state index in [9.17, 15) is 0 Å². The summed E-state index contributed by atoms with van der Waals surface area (Å²) in [7, 11) is 0. The third-order valence-electron chi connectivity index (χ3n) is 2.53. The van der Waals surface area contributed by atoms with Gasteiger partial charge in [0.15, 0.2) is 0 Å². The molecule has 0 saturated heterocycles. The fourth-order valence-electron chi connectivity index (χ4n) is 1.62. The molecule has 3 nitrogen and oxygen atoms in total. The van der Waals surface area contributed by atoms with Crippen LogP contribution in [0.5, 0.6) is 5.75 Å². The highest BCUT2D eigenvalue weighted by atomic mass is 35.5. The van der Waals surface area contributed by atoms with Gasteiger partial charge in [-0.3, -0.25) is 0 Å². The molecule has 0 atom stereocenters. The van der Waals surface area contributed by atoms with Crippen LogP contribution in [-0.4, -0.2) is 11.6 Å². The average molecular weight is 297 g/mol. The Morgan fingerprint density at radius 2 is 2.26 bits per heavy atom. The minimum absolute atomic E-state index is 0.632. The molecule has 0 aliphatic heterocycles. The van der Waals surface area contributed by atoms with Gasteiger partial charge in [-0.25, -0.2) is 4.98 Å². The molecule has 0 spiro atoms. The van der Waals surface area contributed by atoms with Crippen LogP contribution in [0.1, 0.15) is 24.0 Å². The lowest BCUT2D eigenvalue weighted by Gasteiger charge is -2.09. The Bertz CT molecular complexity index is 542. The number of anilines is 1. The zero-order valence-corrected chi connectivity index (χ0v) is 12.6. The number of benzene rings is 1. The highest BCUT2D eigenvalue weighted by Crippen LogP contribution is 2.28. The fourth-order valence-corrected chi connectivity index (χ4v) is 2.47. The standard InChI is InChI=1S/C14H17ClN2OS/c1-3-6-18-14-5-4-11(7-13(14)15)16-8-12-9-19-10(2)17-12/h4-5,7,9,16H,3,6,8H2,1-2H3. The lowest BCUT2D eigenvalue weighted by molar-refractivity contribution is 0.317. The van der Waals surface area contributed by atoms with E-state index in [1.807, 2.05) is 25.1 Å². The van der Waals surface area contributed by atoms with E-state index in [1.165, 1.54) is 0 Å². The largest absolute Gasteiger partial charge is 0.492 e. The first-order chi connectivity index (χ1) is 9.19. The van der Waals surface area contributed by atoms with Crippen molar-refractivity contribution in [2.24, 2.45) is 0 Å². The lowest BCUT2D eigenvalue weighted by atomic mass is 10.3. The van der Waals surface area contributed by atoms with Gasteiger partial charge in [-0.05, 0) is 31.5 Å². The van der Waals surface area contributed by atoms with Crippen LogP contribution in [0.15, 0.2) is 23.6 Å². The first-order valence-corrected chi connectivity index (χ1v) is 7.52. The molecule has 0 amide bonds. The number of nitrogens with one attached hydrogen (secondary N) is 1. The number of aryl methyl sites for hydroxylation is 1.